The van der Waals surface area contributed by atoms with Crippen LogP contribution < -0.4 is 10.9 Å². The summed E-state index contributed by atoms with van der Waals surface area (Å²) in [6.07, 6.45) is 0.965. The second-order valence-corrected chi connectivity index (χ2v) is 9.41. The Morgan fingerprint density at radius 2 is 1.94 bits per heavy atom. The van der Waals surface area contributed by atoms with Crippen molar-refractivity contribution in [1.29, 1.82) is 0 Å². The molecule has 1 saturated heterocycles. The van der Waals surface area contributed by atoms with Crippen LogP contribution >= 0.6 is 12.2 Å². The lowest BCUT2D eigenvalue weighted by Gasteiger charge is -2.30. The molecule has 0 amide bonds. The van der Waals surface area contributed by atoms with E-state index < -0.39 is 0 Å². The summed E-state index contributed by atoms with van der Waals surface area (Å²) < 4.78 is 5.46. The molecule has 1 fully saturated rings. The number of thiocarbonyl (C=S) groups is 1. The van der Waals surface area contributed by atoms with Gasteiger partial charge in [0.05, 0.1) is 25.8 Å². The molecule has 1 aromatic heterocycles. The molecule has 2 heterocycles. The molecule has 0 saturated carbocycles. The van der Waals surface area contributed by atoms with Crippen LogP contribution in [-0.2, 0) is 11.3 Å². The van der Waals surface area contributed by atoms with Crippen LogP contribution in [0.1, 0.15) is 36.1 Å². The largest absolute Gasteiger partial charge is 0.379 e. The number of ether oxygens (including phenoxy) is 1. The lowest BCUT2D eigenvalue weighted by molar-refractivity contribution is 0.0367. The van der Waals surface area contributed by atoms with E-state index in [1.165, 1.54) is 5.56 Å². The molecule has 3 aromatic rings. The van der Waals surface area contributed by atoms with Gasteiger partial charge in [-0.15, -0.1) is 0 Å². The minimum absolute atomic E-state index is 0.0600. The quantitative estimate of drug-likeness (QED) is 0.478. The molecule has 1 aliphatic rings. The summed E-state index contributed by atoms with van der Waals surface area (Å²) in [5.41, 5.74) is 3.83. The van der Waals surface area contributed by atoms with Crippen LogP contribution in [0.5, 0.6) is 0 Å². The molecular formula is C27H34N4O2S. The maximum atomic E-state index is 12.9. The number of nitrogens with one attached hydrogen (secondary N) is 2. The second-order valence-electron chi connectivity index (χ2n) is 9.03. The van der Waals surface area contributed by atoms with Crippen LogP contribution in [0.4, 0.5) is 0 Å². The fourth-order valence-electron chi connectivity index (χ4n) is 4.35. The maximum Gasteiger partial charge on any atom is 0.253 e. The Morgan fingerprint density at radius 1 is 1.18 bits per heavy atom. The van der Waals surface area contributed by atoms with Gasteiger partial charge in [0.1, 0.15) is 0 Å². The summed E-state index contributed by atoms with van der Waals surface area (Å²) in [5, 5.41) is 5.18. The summed E-state index contributed by atoms with van der Waals surface area (Å²) in [5.74, 6) is 0. The fraction of sp³-hybridized carbons (Fsp3) is 0.407. The van der Waals surface area contributed by atoms with Crippen molar-refractivity contribution in [3.8, 4) is 0 Å². The zero-order valence-electron chi connectivity index (χ0n) is 20.0. The average molecular weight is 479 g/mol. The van der Waals surface area contributed by atoms with Gasteiger partial charge in [0, 0.05) is 37.3 Å². The third-order valence-corrected chi connectivity index (χ3v) is 6.75. The van der Waals surface area contributed by atoms with Crippen molar-refractivity contribution in [2.24, 2.45) is 0 Å². The molecule has 4 rings (SSSR count). The highest BCUT2D eigenvalue weighted by Gasteiger charge is 2.17. The van der Waals surface area contributed by atoms with Gasteiger partial charge < -0.3 is 19.9 Å². The Labute approximate surface area is 206 Å². The van der Waals surface area contributed by atoms with Gasteiger partial charge in [-0.2, -0.15) is 0 Å². The molecule has 1 aliphatic heterocycles. The molecular weight excluding hydrogens is 444 g/mol. The van der Waals surface area contributed by atoms with Crippen molar-refractivity contribution >= 4 is 28.2 Å². The topological polar surface area (TPSA) is 60.6 Å². The van der Waals surface area contributed by atoms with Gasteiger partial charge in [0.15, 0.2) is 5.11 Å². The van der Waals surface area contributed by atoms with Gasteiger partial charge in [-0.25, -0.2) is 0 Å². The van der Waals surface area contributed by atoms with E-state index in [1.807, 2.05) is 37.3 Å². The van der Waals surface area contributed by atoms with Gasteiger partial charge >= 0.3 is 0 Å². The number of nitrogens with zero attached hydrogens (tertiary/aromatic N) is 2. The first kappa shape index (κ1) is 24.4. The minimum Gasteiger partial charge on any atom is -0.379 e. The summed E-state index contributed by atoms with van der Waals surface area (Å²) >= 11 is 5.85. The Balaban J connectivity index is 1.49. The molecule has 0 spiro atoms. The number of morpholine rings is 1. The van der Waals surface area contributed by atoms with Crippen molar-refractivity contribution in [1.82, 2.24) is 20.1 Å². The van der Waals surface area contributed by atoms with Crippen molar-refractivity contribution < 1.29 is 4.74 Å². The van der Waals surface area contributed by atoms with E-state index in [1.54, 1.807) is 0 Å². The molecule has 0 radical (unpaired) electrons. The highest BCUT2D eigenvalue weighted by Crippen LogP contribution is 2.16. The number of aromatic nitrogens is 1. The number of aromatic amines is 1. The molecule has 1 atom stereocenters. The van der Waals surface area contributed by atoms with Crippen molar-refractivity contribution in [2.75, 3.05) is 39.4 Å². The van der Waals surface area contributed by atoms with E-state index in [9.17, 15) is 4.79 Å². The van der Waals surface area contributed by atoms with Crippen LogP contribution in [-0.4, -0.2) is 59.3 Å². The van der Waals surface area contributed by atoms with Gasteiger partial charge in [-0.05, 0) is 61.1 Å². The van der Waals surface area contributed by atoms with Crippen LogP contribution in [0.15, 0.2) is 59.4 Å². The normalized spacial score (nSPS) is 15.2. The van der Waals surface area contributed by atoms with Gasteiger partial charge in [0.2, 0.25) is 0 Å². The van der Waals surface area contributed by atoms with Crippen LogP contribution in [0.25, 0.3) is 10.9 Å². The number of H-pyrrole nitrogens is 1. The van der Waals surface area contributed by atoms with Gasteiger partial charge in [-0.1, -0.05) is 42.5 Å². The lowest BCUT2D eigenvalue weighted by atomic mass is 10.1. The number of hydrogen-bond donors (Lipinski definition) is 2. The average Bonchev–Trinajstić information content (AvgIpc) is 2.85. The molecule has 0 unspecified atom stereocenters. The molecule has 180 valence electrons. The van der Waals surface area contributed by atoms with E-state index >= 15 is 0 Å². The van der Waals surface area contributed by atoms with E-state index in [0.717, 1.165) is 67.8 Å². The zero-order chi connectivity index (χ0) is 23.9. The highest BCUT2D eigenvalue weighted by atomic mass is 32.1. The third kappa shape index (κ3) is 6.44. The fourth-order valence-corrected chi connectivity index (χ4v) is 4.68. The number of hydrogen-bond acceptors (Lipinski definition) is 4. The molecule has 2 N–H and O–H groups in total. The third-order valence-electron chi connectivity index (χ3n) is 6.37. The first-order valence-electron chi connectivity index (χ1n) is 12.0. The van der Waals surface area contributed by atoms with Crippen LogP contribution in [0, 0.1) is 6.92 Å². The number of aryl methyl sites for hydroxylation is 1. The predicted octanol–water partition coefficient (Wildman–Crippen LogP) is 4.00. The SMILES string of the molecule is Cc1ccc2cc(CN(CCCN3CCOCC3)C(=S)N[C@@H](C)c3ccccc3)c(=O)[nH]c2c1. The standard InChI is InChI=1S/C27H34N4O2S/c1-20-9-10-23-18-24(26(32)29-25(23)17-20)19-31(12-6-11-30-13-15-33-16-14-30)27(34)28-21(2)22-7-4-3-5-8-22/h3-5,7-10,17-18,21H,6,11-16,19H2,1-2H3,(H,28,34)(H,29,32)/t21-/m0/s1. The minimum atomic E-state index is -0.0600. The molecule has 34 heavy (non-hydrogen) atoms. The monoisotopic (exact) mass is 478 g/mol. The number of rotatable bonds is 8. The summed E-state index contributed by atoms with van der Waals surface area (Å²) in [7, 11) is 0. The summed E-state index contributed by atoms with van der Waals surface area (Å²) in [6.45, 7) is 9.90. The summed E-state index contributed by atoms with van der Waals surface area (Å²) in [4.78, 5) is 20.5. The molecule has 0 aliphatic carbocycles. The number of fused-ring (bicyclic) bond motifs is 1. The molecule has 2 aromatic carbocycles. The van der Waals surface area contributed by atoms with E-state index in [2.05, 4.69) is 51.3 Å². The van der Waals surface area contributed by atoms with E-state index in [-0.39, 0.29) is 11.6 Å². The van der Waals surface area contributed by atoms with Gasteiger partial charge in [-0.3, -0.25) is 9.69 Å². The number of pyridine rings is 1. The molecule has 6 nitrogen and oxygen atoms in total. The first-order chi connectivity index (χ1) is 16.5. The summed E-state index contributed by atoms with van der Waals surface area (Å²) in [6, 6.07) is 18.5. The van der Waals surface area contributed by atoms with E-state index in [0.29, 0.717) is 11.7 Å². The smallest absolute Gasteiger partial charge is 0.253 e. The van der Waals surface area contributed by atoms with Crippen LogP contribution in [0.3, 0.4) is 0 Å². The zero-order valence-corrected chi connectivity index (χ0v) is 20.9. The second kappa shape index (κ2) is 11.6. The Hall–Kier alpha value is -2.74. The van der Waals surface area contributed by atoms with Crippen molar-refractivity contribution in [3.05, 3.63) is 81.6 Å². The Morgan fingerprint density at radius 3 is 2.71 bits per heavy atom. The highest BCUT2D eigenvalue weighted by molar-refractivity contribution is 7.80. The lowest BCUT2D eigenvalue weighted by Crippen LogP contribution is -2.43. The first-order valence-corrected chi connectivity index (χ1v) is 12.4. The van der Waals surface area contributed by atoms with Crippen molar-refractivity contribution in [3.63, 3.8) is 0 Å². The van der Waals surface area contributed by atoms with Gasteiger partial charge in [0.25, 0.3) is 5.56 Å². The molecule has 7 heteroatoms. The van der Waals surface area contributed by atoms with Crippen molar-refractivity contribution in [2.45, 2.75) is 32.9 Å². The number of benzene rings is 2. The van der Waals surface area contributed by atoms with E-state index in [4.69, 9.17) is 17.0 Å². The Kier molecular flexibility index (Phi) is 8.32. The Bertz CT molecular complexity index is 1160. The molecule has 0 bridgehead atoms. The maximum absolute atomic E-state index is 12.9. The van der Waals surface area contributed by atoms with Crippen LogP contribution in [0.2, 0.25) is 0 Å². The predicted molar refractivity (Wildman–Crippen MR) is 142 cm³/mol.